The first-order valence-corrected chi connectivity index (χ1v) is 8.42. The molecule has 4 heteroatoms. The Labute approximate surface area is 130 Å². The Balaban J connectivity index is 2.15. The predicted molar refractivity (Wildman–Crippen MR) is 85.1 cm³/mol. The van der Waals surface area contributed by atoms with E-state index in [1.54, 1.807) is 0 Å². The van der Waals surface area contributed by atoms with Crippen LogP contribution in [0.15, 0.2) is 0 Å². The molecule has 1 heterocycles. The summed E-state index contributed by atoms with van der Waals surface area (Å²) in [6.07, 6.45) is 6.92. The smallest absolute Gasteiger partial charge is 0.103 e. The molecule has 21 heavy (non-hydrogen) atoms. The minimum Gasteiger partial charge on any atom is -0.378 e. The van der Waals surface area contributed by atoms with Crippen molar-refractivity contribution in [2.75, 3.05) is 13.2 Å². The van der Waals surface area contributed by atoms with Gasteiger partial charge in [-0.1, -0.05) is 6.92 Å². The maximum absolute atomic E-state index is 9.27. The van der Waals surface area contributed by atoms with E-state index in [4.69, 9.17) is 9.47 Å². The van der Waals surface area contributed by atoms with Gasteiger partial charge in [0.05, 0.1) is 24.4 Å². The van der Waals surface area contributed by atoms with Crippen LogP contribution in [0.25, 0.3) is 0 Å². The van der Waals surface area contributed by atoms with Gasteiger partial charge in [-0.15, -0.1) is 0 Å². The molecule has 1 N–H and O–H groups in total. The lowest BCUT2D eigenvalue weighted by Crippen LogP contribution is -2.41. The minimum absolute atomic E-state index is 0.305. The second kappa shape index (κ2) is 9.40. The molecule has 4 nitrogen and oxygen atoms in total. The molecule has 1 rings (SSSR count). The third kappa shape index (κ3) is 7.26. The van der Waals surface area contributed by atoms with Gasteiger partial charge < -0.3 is 9.47 Å². The first kappa shape index (κ1) is 18.4. The Morgan fingerprint density at radius 1 is 1.29 bits per heavy atom. The van der Waals surface area contributed by atoms with E-state index in [0.717, 1.165) is 51.7 Å². The zero-order chi connectivity index (χ0) is 15.7. The van der Waals surface area contributed by atoms with Crippen LogP contribution in [0.3, 0.4) is 0 Å². The zero-order valence-electron chi connectivity index (χ0n) is 14.2. The molecule has 3 unspecified atom stereocenters. The van der Waals surface area contributed by atoms with Crippen LogP contribution in [0, 0.1) is 11.3 Å². The van der Waals surface area contributed by atoms with Crippen LogP contribution in [-0.2, 0) is 9.47 Å². The Morgan fingerprint density at radius 3 is 2.52 bits per heavy atom. The Bertz CT molecular complexity index is 319. The quantitative estimate of drug-likeness (QED) is 0.662. The summed E-state index contributed by atoms with van der Waals surface area (Å²) < 4.78 is 11.7. The van der Waals surface area contributed by atoms with E-state index >= 15 is 0 Å². The molecule has 0 bridgehead atoms. The van der Waals surface area contributed by atoms with Crippen molar-refractivity contribution in [1.29, 1.82) is 5.26 Å². The van der Waals surface area contributed by atoms with Gasteiger partial charge in [0, 0.05) is 6.61 Å². The second-order valence-corrected chi connectivity index (χ2v) is 6.55. The lowest BCUT2D eigenvalue weighted by atomic mass is 9.96. The Morgan fingerprint density at radius 2 is 1.95 bits per heavy atom. The SMILES string of the molecule is CCCNC(C)(C#N)CCCCOC1CC(C)OC(C)C1. The molecule has 0 spiro atoms. The van der Waals surface area contributed by atoms with Crippen LogP contribution in [-0.4, -0.2) is 37.0 Å². The van der Waals surface area contributed by atoms with Crippen molar-refractivity contribution >= 4 is 0 Å². The van der Waals surface area contributed by atoms with Gasteiger partial charge in [0.2, 0.25) is 0 Å². The van der Waals surface area contributed by atoms with Gasteiger partial charge in [0.25, 0.3) is 0 Å². The highest BCUT2D eigenvalue weighted by molar-refractivity contribution is 5.03. The summed E-state index contributed by atoms with van der Waals surface area (Å²) in [6, 6.07) is 2.40. The second-order valence-electron chi connectivity index (χ2n) is 6.55. The van der Waals surface area contributed by atoms with Crippen LogP contribution in [0.5, 0.6) is 0 Å². The third-order valence-corrected chi connectivity index (χ3v) is 4.09. The highest BCUT2D eigenvalue weighted by Gasteiger charge is 2.25. The normalized spacial score (nSPS) is 28.8. The summed E-state index contributed by atoms with van der Waals surface area (Å²) in [5.74, 6) is 0. The van der Waals surface area contributed by atoms with Crippen molar-refractivity contribution in [3.05, 3.63) is 0 Å². The monoisotopic (exact) mass is 296 g/mol. The van der Waals surface area contributed by atoms with Crippen LogP contribution < -0.4 is 5.32 Å². The van der Waals surface area contributed by atoms with Crippen molar-refractivity contribution in [1.82, 2.24) is 5.32 Å². The van der Waals surface area contributed by atoms with E-state index in [2.05, 4.69) is 32.2 Å². The number of nitriles is 1. The van der Waals surface area contributed by atoms with Crippen LogP contribution >= 0.6 is 0 Å². The van der Waals surface area contributed by atoms with Gasteiger partial charge >= 0.3 is 0 Å². The van der Waals surface area contributed by atoms with Gasteiger partial charge in [-0.3, -0.25) is 5.32 Å². The van der Waals surface area contributed by atoms with Crippen molar-refractivity contribution in [3.63, 3.8) is 0 Å². The number of hydrogen-bond acceptors (Lipinski definition) is 4. The molecule has 0 amide bonds. The van der Waals surface area contributed by atoms with Crippen molar-refractivity contribution in [3.8, 4) is 6.07 Å². The number of nitrogens with zero attached hydrogens (tertiary/aromatic N) is 1. The van der Waals surface area contributed by atoms with E-state index < -0.39 is 5.54 Å². The number of unbranched alkanes of at least 4 members (excludes halogenated alkanes) is 1. The zero-order valence-corrected chi connectivity index (χ0v) is 14.2. The van der Waals surface area contributed by atoms with Crippen LogP contribution in [0.2, 0.25) is 0 Å². The van der Waals surface area contributed by atoms with E-state index in [-0.39, 0.29) is 0 Å². The van der Waals surface area contributed by atoms with Crippen molar-refractivity contribution in [2.45, 2.75) is 90.1 Å². The number of hydrogen-bond donors (Lipinski definition) is 1. The van der Waals surface area contributed by atoms with Gasteiger partial charge in [-0.2, -0.15) is 5.26 Å². The minimum atomic E-state index is -0.391. The fourth-order valence-corrected chi connectivity index (χ4v) is 2.90. The molecule has 0 aromatic carbocycles. The Kier molecular flexibility index (Phi) is 8.24. The molecular formula is C17H32N2O2. The maximum Gasteiger partial charge on any atom is 0.103 e. The molecule has 0 aliphatic carbocycles. The predicted octanol–water partition coefficient (Wildman–Crippen LogP) is 3.41. The molecule has 0 saturated carbocycles. The topological polar surface area (TPSA) is 54.3 Å². The lowest BCUT2D eigenvalue weighted by Gasteiger charge is -2.32. The molecular weight excluding hydrogens is 264 g/mol. The third-order valence-electron chi connectivity index (χ3n) is 4.09. The first-order valence-electron chi connectivity index (χ1n) is 8.42. The summed E-state index contributed by atoms with van der Waals surface area (Å²) in [4.78, 5) is 0. The molecule has 0 aromatic rings. The van der Waals surface area contributed by atoms with Gasteiger partial charge in [-0.05, 0) is 65.8 Å². The van der Waals surface area contributed by atoms with Crippen molar-refractivity contribution < 1.29 is 9.47 Å². The fourth-order valence-electron chi connectivity index (χ4n) is 2.90. The lowest BCUT2D eigenvalue weighted by molar-refractivity contribution is -0.102. The average Bonchev–Trinajstić information content (AvgIpc) is 2.44. The van der Waals surface area contributed by atoms with Crippen LogP contribution in [0.1, 0.15) is 66.2 Å². The largest absolute Gasteiger partial charge is 0.378 e. The maximum atomic E-state index is 9.27. The average molecular weight is 296 g/mol. The highest BCUT2D eigenvalue weighted by atomic mass is 16.5. The number of ether oxygens (including phenoxy) is 2. The number of nitrogens with one attached hydrogen (secondary N) is 1. The molecule has 1 aliphatic rings. The van der Waals surface area contributed by atoms with E-state index in [0.29, 0.717) is 18.3 Å². The fraction of sp³-hybridized carbons (Fsp3) is 0.941. The number of rotatable bonds is 9. The van der Waals surface area contributed by atoms with Crippen molar-refractivity contribution in [2.24, 2.45) is 0 Å². The highest BCUT2D eigenvalue weighted by Crippen LogP contribution is 2.22. The summed E-state index contributed by atoms with van der Waals surface area (Å²) >= 11 is 0. The standard InChI is InChI=1S/C17H32N2O2/c1-5-9-19-17(4,13-18)8-6-7-10-20-16-11-14(2)21-15(3)12-16/h14-16,19H,5-12H2,1-4H3. The molecule has 1 fully saturated rings. The first-order chi connectivity index (χ1) is 9.99. The van der Waals surface area contributed by atoms with Crippen LogP contribution in [0.4, 0.5) is 0 Å². The van der Waals surface area contributed by atoms with E-state index in [1.165, 1.54) is 0 Å². The Hall–Kier alpha value is -0.630. The molecule has 122 valence electrons. The van der Waals surface area contributed by atoms with Gasteiger partial charge in [0.1, 0.15) is 5.54 Å². The molecule has 0 radical (unpaired) electrons. The molecule has 0 aromatic heterocycles. The molecule has 1 saturated heterocycles. The molecule has 1 aliphatic heterocycles. The summed E-state index contributed by atoms with van der Waals surface area (Å²) in [5, 5.41) is 12.6. The summed E-state index contributed by atoms with van der Waals surface area (Å²) in [6.45, 7) is 10.0. The summed E-state index contributed by atoms with van der Waals surface area (Å²) in [5.41, 5.74) is -0.391. The van der Waals surface area contributed by atoms with E-state index in [9.17, 15) is 5.26 Å². The molecule has 3 atom stereocenters. The van der Waals surface area contributed by atoms with Gasteiger partial charge in [0.15, 0.2) is 0 Å². The van der Waals surface area contributed by atoms with E-state index in [1.807, 2.05) is 6.92 Å². The summed E-state index contributed by atoms with van der Waals surface area (Å²) in [7, 11) is 0. The van der Waals surface area contributed by atoms with Gasteiger partial charge in [-0.25, -0.2) is 0 Å².